The van der Waals surface area contributed by atoms with E-state index >= 15 is 0 Å². The number of nitrogens with one attached hydrogen (secondary N) is 2. The van der Waals surface area contributed by atoms with Crippen molar-refractivity contribution >= 4 is 29.2 Å². The second-order valence-corrected chi connectivity index (χ2v) is 9.56. The van der Waals surface area contributed by atoms with Gasteiger partial charge in [0.05, 0.1) is 25.4 Å². The van der Waals surface area contributed by atoms with Crippen molar-refractivity contribution in [2.24, 2.45) is 0 Å². The largest absolute Gasteiger partial charge is 0.491 e. The van der Waals surface area contributed by atoms with Crippen molar-refractivity contribution in [3.8, 4) is 11.5 Å². The number of Topliss-reactive ketones (excluding diaryl/α,β-unsaturated/α-hetero) is 1. The molecule has 0 bridgehead atoms. The molecule has 2 aromatic rings. The Labute approximate surface area is 227 Å². The van der Waals surface area contributed by atoms with Crippen LogP contribution in [0.15, 0.2) is 24.3 Å². The van der Waals surface area contributed by atoms with Gasteiger partial charge in [-0.15, -0.1) is 0 Å². The van der Waals surface area contributed by atoms with Gasteiger partial charge < -0.3 is 29.7 Å². The van der Waals surface area contributed by atoms with E-state index in [4.69, 9.17) is 20.0 Å². The monoisotopic (exact) mass is 537 g/mol. The summed E-state index contributed by atoms with van der Waals surface area (Å²) in [4.78, 5) is 44.7. The first-order valence-corrected chi connectivity index (χ1v) is 13.3. The summed E-state index contributed by atoms with van der Waals surface area (Å²) < 4.78 is 11.6. The lowest BCUT2D eigenvalue weighted by Gasteiger charge is -2.23. The number of carbonyl (C=O) groups excluding carboxylic acids is 2. The Bertz CT molecular complexity index is 1260. The van der Waals surface area contributed by atoms with Crippen LogP contribution in [0.25, 0.3) is 0 Å². The predicted molar refractivity (Wildman–Crippen MR) is 145 cm³/mol. The van der Waals surface area contributed by atoms with Gasteiger partial charge in [-0.05, 0) is 56.9 Å². The zero-order valence-corrected chi connectivity index (χ0v) is 22.4. The summed E-state index contributed by atoms with van der Waals surface area (Å²) in [6.45, 7) is 4.65. The number of anilines is 1. The topological polar surface area (TPSA) is 145 Å². The zero-order valence-electron chi connectivity index (χ0n) is 22.4. The number of carboxylic acid groups (broad SMARTS) is 1. The molecular weight excluding hydrogens is 502 g/mol. The van der Waals surface area contributed by atoms with E-state index in [-0.39, 0.29) is 30.3 Å². The Kier molecular flexibility index (Phi) is 9.00. The zero-order chi connectivity index (χ0) is 27.9. The average molecular weight is 538 g/mol. The van der Waals surface area contributed by atoms with Gasteiger partial charge in [-0.25, -0.2) is 4.98 Å². The number of carbonyl (C=O) groups is 3. The third-order valence-electron chi connectivity index (χ3n) is 6.81. The lowest BCUT2D eigenvalue weighted by molar-refractivity contribution is -0.137. The van der Waals surface area contributed by atoms with Crippen LogP contribution >= 0.6 is 0 Å². The maximum absolute atomic E-state index is 13.4. The number of ether oxygens (including phenoxy) is 2. The molecule has 0 aliphatic carbocycles. The first-order chi connectivity index (χ1) is 18.8. The second-order valence-electron chi connectivity index (χ2n) is 9.56. The van der Waals surface area contributed by atoms with Crippen LogP contribution in [0.4, 0.5) is 5.69 Å². The van der Waals surface area contributed by atoms with E-state index in [2.05, 4.69) is 15.2 Å². The number of ketones is 1. The standard InChI is InChI=1S/C28H35N5O6/c1-3-38-23-15-19-16-33(27(29)25(19)31-26(23)28(37)30-2)17-21(34)18-9-10-22(39-13-7-4-8-24(35)36)20(14-18)32-11-5-6-12-32/h9-10,14-15,29H,3-8,11-13,16-17H2,1-2H3,(H,30,37)(H,35,36). The van der Waals surface area contributed by atoms with Gasteiger partial charge in [0, 0.05) is 44.2 Å². The van der Waals surface area contributed by atoms with Gasteiger partial charge in [-0.1, -0.05) is 0 Å². The lowest BCUT2D eigenvalue weighted by atomic mass is 10.1. The Morgan fingerprint density at radius 3 is 2.56 bits per heavy atom. The molecule has 1 aromatic heterocycles. The van der Waals surface area contributed by atoms with E-state index in [1.807, 2.05) is 13.0 Å². The molecule has 0 unspecified atom stereocenters. The van der Waals surface area contributed by atoms with Crippen molar-refractivity contribution < 1.29 is 29.0 Å². The third-order valence-corrected chi connectivity index (χ3v) is 6.81. The number of unbranched alkanes of at least 4 members (excludes halogenated alkanes) is 1. The quantitative estimate of drug-likeness (QED) is 0.259. The minimum Gasteiger partial charge on any atom is -0.491 e. The van der Waals surface area contributed by atoms with Crippen LogP contribution in [-0.4, -0.2) is 78.4 Å². The summed E-state index contributed by atoms with van der Waals surface area (Å²) in [6.07, 6.45) is 3.41. The van der Waals surface area contributed by atoms with E-state index in [1.54, 1.807) is 23.1 Å². The number of benzene rings is 1. The van der Waals surface area contributed by atoms with Crippen LogP contribution in [0.1, 0.15) is 71.1 Å². The second kappa shape index (κ2) is 12.6. The fraction of sp³-hybridized carbons (Fsp3) is 0.464. The number of hydrogen-bond acceptors (Lipinski definition) is 8. The van der Waals surface area contributed by atoms with Gasteiger partial charge in [0.15, 0.2) is 17.2 Å². The Morgan fingerprint density at radius 1 is 1.10 bits per heavy atom. The third kappa shape index (κ3) is 6.47. The van der Waals surface area contributed by atoms with Crippen molar-refractivity contribution in [3.63, 3.8) is 0 Å². The number of carboxylic acids is 1. The van der Waals surface area contributed by atoms with Crippen molar-refractivity contribution in [3.05, 3.63) is 46.8 Å². The molecule has 0 spiro atoms. The molecule has 1 aromatic carbocycles. The van der Waals surface area contributed by atoms with Gasteiger partial charge in [-0.3, -0.25) is 19.8 Å². The molecule has 0 radical (unpaired) electrons. The summed E-state index contributed by atoms with van der Waals surface area (Å²) in [6, 6.07) is 7.11. The minimum atomic E-state index is -0.817. The van der Waals surface area contributed by atoms with Gasteiger partial charge >= 0.3 is 5.97 Å². The highest BCUT2D eigenvalue weighted by atomic mass is 16.5. The minimum absolute atomic E-state index is 0.0106. The van der Waals surface area contributed by atoms with Gasteiger partial charge in [0.25, 0.3) is 5.91 Å². The molecule has 2 aliphatic rings. The number of aliphatic carboxylic acids is 1. The maximum Gasteiger partial charge on any atom is 0.303 e. The molecule has 0 saturated carbocycles. The molecule has 3 heterocycles. The maximum atomic E-state index is 13.4. The van der Waals surface area contributed by atoms with Crippen LogP contribution in [0.3, 0.4) is 0 Å². The molecule has 3 N–H and O–H groups in total. The highest BCUT2D eigenvalue weighted by Gasteiger charge is 2.31. The lowest BCUT2D eigenvalue weighted by Crippen LogP contribution is -2.31. The predicted octanol–water partition coefficient (Wildman–Crippen LogP) is 3.10. The number of fused-ring (bicyclic) bond motifs is 1. The summed E-state index contributed by atoms with van der Waals surface area (Å²) >= 11 is 0. The molecule has 11 heteroatoms. The molecule has 11 nitrogen and oxygen atoms in total. The first-order valence-electron chi connectivity index (χ1n) is 13.3. The SMILES string of the molecule is CCOc1cc2c(nc1C(=O)NC)C(=N)N(CC(=O)c1ccc(OCCCCC(=O)O)c(N3CCCC3)c1)C2. The molecule has 208 valence electrons. The summed E-state index contributed by atoms with van der Waals surface area (Å²) in [5, 5.41) is 20.0. The fourth-order valence-corrected chi connectivity index (χ4v) is 4.82. The molecule has 1 saturated heterocycles. The van der Waals surface area contributed by atoms with Crippen molar-refractivity contribution in [2.75, 3.05) is 44.8 Å². The van der Waals surface area contributed by atoms with Crippen LogP contribution in [-0.2, 0) is 11.3 Å². The van der Waals surface area contributed by atoms with Crippen LogP contribution < -0.4 is 19.7 Å². The molecule has 0 atom stereocenters. The summed E-state index contributed by atoms with van der Waals surface area (Å²) in [7, 11) is 1.51. The Balaban J connectivity index is 1.48. The normalized spacial score (nSPS) is 14.4. The van der Waals surface area contributed by atoms with E-state index in [9.17, 15) is 14.4 Å². The number of hydrogen-bond donors (Lipinski definition) is 3. The van der Waals surface area contributed by atoms with Crippen LogP contribution in [0, 0.1) is 5.41 Å². The summed E-state index contributed by atoms with van der Waals surface area (Å²) in [5.74, 6) is -0.237. The van der Waals surface area contributed by atoms with Crippen LogP contribution in [0.5, 0.6) is 11.5 Å². The summed E-state index contributed by atoms with van der Waals surface area (Å²) in [5.41, 5.74) is 2.59. The van der Waals surface area contributed by atoms with E-state index in [1.165, 1.54) is 7.05 Å². The fourth-order valence-electron chi connectivity index (χ4n) is 4.82. The van der Waals surface area contributed by atoms with Crippen molar-refractivity contribution in [1.29, 1.82) is 5.41 Å². The highest BCUT2D eigenvalue weighted by molar-refractivity contribution is 6.05. The molecule has 1 amide bonds. The Morgan fingerprint density at radius 2 is 1.87 bits per heavy atom. The highest BCUT2D eigenvalue weighted by Crippen LogP contribution is 2.33. The van der Waals surface area contributed by atoms with E-state index in [0.717, 1.165) is 37.2 Å². The van der Waals surface area contributed by atoms with Crippen LogP contribution in [0.2, 0.25) is 0 Å². The van der Waals surface area contributed by atoms with E-state index < -0.39 is 11.9 Å². The Hall–Kier alpha value is -4.15. The molecule has 4 rings (SSSR count). The van der Waals surface area contributed by atoms with Gasteiger partial charge in [-0.2, -0.15) is 0 Å². The van der Waals surface area contributed by atoms with E-state index in [0.29, 0.717) is 55.4 Å². The molecule has 39 heavy (non-hydrogen) atoms. The number of amidine groups is 1. The number of rotatable bonds is 13. The van der Waals surface area contributed by atoms with Crippen molar-refractivity contribution in [2.45, 2.75) is 45.6 Å². The number of nitrogens with zero attached hydrogens (tertiary/aromatic N) is 3. The van der Waals surface area contributed by atoms with Crippen molar-refractivity contribution in [1.82, 2.24) is 15.2 Å². The van der Waals surface area contributed by atoms with Gasteiger partial charge in [0.1, 0.15) is 17.3 Å². The average Bonchev–Trinajstić information content (AvgIpc) is 3.56. The first kappa shape index (κ1) is 27.9. The molecule has 1 fully saturated rings. The smallest absolute Gasteiger partial charge is 0.303 e. The number of amides is 1. The molecule has 2 aliphatic heterocycles. The van der Waals surface area contributed by atoms with Gasteiger partial charge in [0.2, 0.25) is 0 Å². The number of aromatic nitrogens is 1. The number of pyridine rings is 1. The molecular formula is C28H35N5O6.